The molecule has 0 saturated carbocycles. The minimum Gasteiger partial charge on any atom is -0.423 e. The molecule has 0 spiro atoms. The molecule has 146 valence electrons. The number of pyridine rings is 1. The van der Waals surface area contributed by atoms with E-state index < -0.39 is 30.1 Å². The quantitative estimate of drug-likeness (QED) is 0.760. The number of halogens is 2. The lowest BCUT2D eigenvalue weighted by Crippen LogP contribution is -2.43. The molecule has 1 aliphatic heterocycles. The zero-order valence-corrected chi connectivity index (χ0v) is 15.7. The molecule has 28 heavy (non-hydrogen) atoms. The van der Waals surface area contributed by atoms with Crippen molar-refractivity contribution in [1.29, 1.82) is 0 Å². The van der Waals surface area contributed by atoms with Crippen molar-refractivity contribution < 1.29 is 23.5 Å². The lowest BCUT2D eigenvalue weighted by molar-refractivity contribution is -0.121. The maximum atomic E-state index is 14.5. The topological polar surface area (TPSA) is 101 Å². The van der Waals surface area contributed by atoms with Crippen molar-refractivity contribution in [2.24, 2.45) is 0 Å². The monoisotopic (exact) mass is 406 g/mol. The van der Waals surface area contributed by atoms with Crippen molar-refractivity contribution >= 4 is 40.9 Å². The molecule has 8 nitrogen and oxygen atoms in total. The van der Waals surface area contributed by atoms with Crippen LogP contribution in [0.1, 0.15) is 24.2 Å². The van der Waals surface area contributed by atoms with Crippen molar-refractivity contribution in [2.75, 3.05) is 10.2 Å². The van der Waals surface area contributed by atoms with Gasteiger partial charge in [-0.1, -0.05) is 11.6 Å². The fourth-order valence-electron chi connectivity index (χ4n) is 2.74. The van der Waals surface area contributed by atoms with Crippen LogP contribution < -0.4 is 15.5 Å². The Bertz CT molecular complexity index is 938. The number of rotatable bonds is 4. The van der Waals surface area contributed by atoms with E-state index in [4.69, 9.17) is 16.3 Å². The highest BCUT2D eigenvalue weighted by Gasteiger charge is 2.40. The highest BCUT2D eigenvalue weighted by Crippen LogP contribution is 2.28. The molecule has 2 aromatic rings. The Balaban J connectivity index is 1.78. The summed E-state index contributed by atoms with van der Waals surface area (Å²) in [5.74, 6) is -1.86. The zero-order chi connectivity index (χ0) is 20.4. The Kier molecular flexibility index (Phi) is 5.46. The second-order valence-electron chi connectivity index (χ2n) is 6.10. The number of aromatic nitrogens is 1. The van der Waals surface area contributed by atoms with Gasteiger partial charge in [0.2, 0.25) is 5.91 Å². The normalized spacial score (nSPS) is 18.6. The first-order chi connectivity index (χ1) is 13.3. The van der Waals surface area contributed by atoms with Crippen LogP contribution in [0.4, 0.5) is 20.6 Å². The molecule has 0 radical (unpaired) electrons. The highest BCUT2D eigenvalue weighted by molar-refractivity contribution is 6.29. The van der Waals surface area contributed by atoms with Gasteiger partial charge in [-0.3, -0.25) is 14.5 Å². The largest absolute Gasteiger partial charge is 0.423 e. The van der Waals surface area contributed by atoms with E-state index in [1.54, 1.807) is 6.92 Å². The predicted octanol–water partition coefficient (Wildman–Crippen LogP) is 2.93. The molecule has 3 amide bonds. The van der Waals surface area contributed by atoms with Crippen molar-refractivity contribution in [1.82, 2.24) is 10.3 Å². The molecule has 1 saturated heterocycles. The van der Waals surface area contributed by atoms with Gasteiger partial charge >= 0.3 is 6.09 Å². The summed E-state index contributed by atoms with van der Waals surface area (Å²) in [6.07, 6.45) is -0.236. The summed E-state index contributed by atoms with van der Waals surface area (Å²) < 4.78 is 19.6. The van der Waals surface area contributed by atoms with Gasteiger partial charge in [0.15, 0.2) is 6.23 Å². The average molecular weight is 407 g/mol. The summed E-state index contributed by atoms with van der Waals surface area (Å²) in [5, 5.41) is 5.27. The number of hydrogen-bond donors (Lipinski definition) is 2. The molecule has 0 aliphatic carbocycles. The Morgan fingerprint density at radius 3 is 2.64 bits per heavy atom. The molecule has 1 fully saturated rings. The van der Waals surface area contributed by atoms with E-state index in [2.05, 4.69) is 15.6 Å². The molecule has 2 heterocycles. The number of nitrogens with one attached hydrogen (secondary N) is 2. The number of anilines is 2. The van der Waals surface area contributed by atoms with Crippen molar-refractivity contribution in [2.45, 2.75) is 26.1 Å². The van der Waals surface area contributed by atoms with Crippen LogP contribution in [-0.2, 0) is 9.53 Å². The van der Waals surface area contributed by atoms with Crippen LogP contribution in [0.2, 0.25) is 5.15 Å². The van der Waals surface area contributed by atoms with E-state index in [9.17, 15) is 18.8 Å². The molecular weight excluding hydrogens is 391 g/mol. The van der Waals surface area contributed by atoms with Crippen LogP contribution in [0.3, 0.4) is 0 Å². The first kappa shape index (κ1) is 19.6. The van der Waals surface area contributed by atoms with Crippen LogP contribution in [0, 0.1) is 5.82 Å². The van der Waals surface area contributed by atoms with Crippen molar-refractivity contribution in [3.8, 4) is 0 Å². The van der Waals surface area contributed by atoms with Gasteiger partial charge in [-0.15, -0.1) is 0 Å². The molecule has 1 unspecified atom stereocenters. The minimum atomic E-state index is -0.853. The first-order valence-electron chi connectivity index (χ1n) is 8.25. The van der Waals surface area contributed by atoms with Crippen LogP contribution in [0.15, 0.2) is 36.5 Å². The lowest BCUT2D eigenvalue weighted by atomic mass is 10.1. The Hall–Kier alpha value is -3.20. The molecule has 1 aromatic carbocycles. The van der Waals surface area contributed by atoms with Crippen molar-refractivity contribution in [3.05, 3.63) is 53.1 Å². The third-order valence-corrected chi connectivity index (χ3v) is 4.30. The van der Waals surface area contributed by atoms with Crippen LogP contribution >= 0.6 is 11.6 Å². The number of hydrogen-bond acceptors (Lipinski definition) is 5. The van der Waals surface area contributed by atoms with Crippen molar-refractivity contribution in [3.63, 3.8) is 0 Å². The molecule has 2 N–H and O–H groups in total. The van der Waals surface area contributed by atoms with Gasteiger partial charge in [0, 0.05) is 6.92 Å². The van der Waals surface area contributed by atoms with E-state index >= 15 is 0 Å². The second kappa shape index (κ2) is 7.81. The Labute approximate surface area is 164 Å². The van der Waals surface area contributed by atoms with Crippen LogP contribution in [0.5, 0.6) is 0 Å². The third-order valence-electron chi connectivity index (χ3n) is 4.08. The fraction of sp³-hybridized carbons (Fsp3) is 0.222. The van der Waals surface area contributed by atoms with Crippen LogP contribution in [-0.4, -0.2) is 35.2 Å². The molecule has 3 rings (SSSR count). The lowest BCUT2D eigenvalue weighted by Gasteiger charge is -2.21. The number of carbonyl (C=O) groups is 3. The number of cyclic esters (lactones) is 1. The molecule has 1 aliphatic rings. The molecule has 2 atom stereocenters. The SMILES string of the molecule is CC(=O)N[C@H]1OC(=O)N(c2ccc(C(=O)Nc3ccc(Cl)nc3)c(F)c2)C1C. The van der Waals surface area contributed by atoms with E-state index in [0.717, 1.165) is 6.07 Å². The summed E-state index contributed by atoms with van der Waals surface area (Å²) in [6, 6.07) is 6.20. The van der Waals surface area contributed by atoms with Gasteiger partial charge in [0.1, 0.15) is 11.0 Å². The van der Waals surface area contributed by atoms with E-state index in [0.29, 0.717) is 5.69 Å². The summed E-state index contributed by atoms with van der Waals surface area (Å²) >= 11 is 5.68. The van der Waals surface area contributed by atoms with Gasteiger partial charge in [-0.2, -0.15) is 0 Å². The average Bonchev–Trinajstić information content (AvgIpc) is 2.89. The van der Waals surface area contributed by atoms with Gasteiger partial charge < -0.3 is 15.4 Å². The highest BCUT2D eigenvalue weighted by atomic mass is 35.5. The van der Waals surface area contributed by atoms with Gasteiger partial charge in [0.05, 0.1) is 29.2 Å². The van der Waals surface area contributed by atoms with Crippen LogP contribution in [0.25, 0.3) is 0 Å². The summed E-state index contributed by atoms with van der Waals surface area (Å²) in [4.78, 5) is 40.6. The minimum absolute atomic E-state index is 0.201. The standard InChI is InChI=1S/C18H16ClFN4O4/c1-9-17(22-10(2)25)28-18(27)24(9)12-4-5-13(14(20)7-12)16(26)23-11-3-6-15(19)21-8-11/h3-9,17H,1-2H3,(H,22,25)(H,23,26)/t9?,17-/m0/s1. The molecule has 0 bridgehead atoms. The molecular formula is C18H16ClFN4O4. The zero-order valence-electron chi connectivity index (χ0n) is 14.9. The maximum Gasteiger partial charge on any atom is 0.416 e. The molecule has 1 aromatic heterocycles. The first-order valence-corrected chi connectivity index (χ1v) is 8.63. The number of nitrogens with zero attached hydrogens (tertiary/aromatic N) is 2. The Morgan fingerprint density at radius 1 is 1.29 bits per heavy atom. The maximum absolute atomic E-state index is 14.5. The smallest absolute Gasteiger partial charge is 0.416 e. The number of benzene rings is 1. The van der Waals surface area contributed by atoms with E-state index in [1.807, 2.05) is 0 Å². The van der Waals surface area contributed by atoms with Gasteiger partial charge in [-0.25, -0.2) is 14.2 Å². The number of amides is 3. The summed E-state index contributed by atoms with van der Waals surface area (Å²) in [6.45, 7) is 2.95. The van der Waals surface area contributed by atoms with Gasteiger partial charge in [0.25, 0.3) is 5.91 Å². The Morgan fingerprint density at radius 2 is 2.04 bits per heavy atom. The summed E-state index contributed by atoms with van der Waals surface area (Å²) in [5.41, 5.74) is 0.345. The summed E-state index contributed by atoms with van der Waals surface area (Å²) in [7, 11) is 0. The van der Waals surface area contributed by atoms with Gasteiger partial charge in [-0.05, 0) is 37.3 Å². The van der Waals surface area contributed by atoms with E-state index in [-0.39, 0.29) is 22.3 Å². The second-order valence-corrected chi connectivity index (χ2v) is 6.49. The van der Waals surface area contributed by atoms with E-state index in [1.165, 1.54) is 42.3 Å². The predicted molar refractivity (Wildman–Crippen MR) is 99.6 cm³/mol. The number of ether oxygens (including phenoxy) is 1. The third kappa shape index (κ3) is 4.04. The fourth-order valence-corrected chi connectivity index (χ4v) is 2.85. The number of carbonyl (C=O) groups excluding carboxylic acids is 3. The molecule has 10 heteroatoms.